The quantitative estimate of drug-likeness (QED) is 0.311. The van der Waals surface area contributed by atoms with E-state index < -0.39 is 5.41 Å². The van der Waals surface area contributed by atoms with Gasteiger partial charge in [-0.1, -0.05) is 42.8 Å². The van der Waals surface area contributed by atoms with Crippen molar-refractivity contribution in [2.45, 2.75) is 18.9 Å². The molecule has 1 N–H and O–H groups in total. The minimum Gasteiger partial charge on any atom is -0.497 e. The standard InChI is InChI=1S/C33H33ClN4O4/c1-4-35-16-23-19-38(29-17-36-15-21-7-5-6-8-26(21)29)32(40)33(23)20-37(31(39)27-12-10-24(34)13-28(27)33)18-22-9-11-25(41-2)14-30(22)42-3/h5-15,17,23,35H,4,16,18-20H2,1-3H3/t23-,33-/m0/s1. The van der Waals surface area contributed by atoms with Crippen LogP contribution < -0.4 is 19.7 Å². The van der Waals surface area contributed by atoms with Gasteiger partial charge in [0.25, 0.3) is 5.91 Å². The minimum atomic E-state index is -1.02. The van der Waals surface area contributed by atoms with Crippen LogP contribution in [0.15, 0.2) is 73.1 Å². The Morgan fingerprint density at radius 3 is 2.67 bits per heavy atom. The summed E-state index contributed by atoms with van der Waals surface area (Å²) >= 11 is 6.55. The topological polar surface area (TPSA) is 84.0 Å². The fourth-order valence-corrected chi connectivity index (χ4v) is 6.68. The van der Waals surface area contributed by atoms with E-state index in [4.69, 9.17) is 21.1 Å². The highest BCUT2D eigenvalue weighted by molar-refractivity contribution is 6.31. The third kappa shape index (κ3) is 4.55. The first-order valence-electron chi connectivity index (χ1n) is 14.1. The summed E-state index contributed by atoms with van der Waals surface area (Å²) in [6.07, 6.45) is 3.57. The van der Waals surface area contributed by atoms with Crippen molar-refractivity contribution in [3.8, 4) is 11.5 Å². The number of aromatic nitrogens is 1. The van der Waals surface area contributed by atoms with E-state index in [1.165, 1.54) is 0 Å². The Labute approximate surface area is 250 Å². The molecule has 0 saturated carbocycles. The fraction of sp³-hybridized carbons (Fsp3) is 0.303. The zero-order chi connectivity index (χ0) is 29.4. The van der Waals surface area contributed by atoms with Crippen molar-refractivity contribution in [1.29, 1.82) is 0 Å². The second-order valence-corrected chi connectivity index (χ2v) is 11.2. The molecule has 0 bridgehead atoms. The van der Waals surface area contributed by atoms with Crippen LogP contribution >= 0.6 is 11.6 Å². The molecule has 6 rings (SSSR count). The Kier molecular flexibility index (Phi) is 7.51. The maximum atomic E-state index is 14.9. The van der Waals surface area contributed by atoms with E-state index in [0.717, 1.165) is 28.6 Å². The SMILES string of the molecule is CCNC[C@H]1CN(c2cncc3ccccc23)C(=O)[C@@]12CN(Cc1ccc(OC)cc1OC)C(=O)c1ccc(Cl)cc12. The van der Waals surface area contributed by atoms with Crippen molar-refractivity contribution >= 4 is 39.9 Å². The molecule has 1 fully saturated rings. The highest BCUT2D eigenvalue weighted by Crippen LogP contribution is 2.48. The lowest BCUT2D eigenvalue weighted by molar-refractivity contribution is -0.123. The van der Waals surface area contributed by atoms with Gasteiger partial charge in [0, 0.05) is 71.3 Å². The molecule has 2 aliphatic heterocycles. The zero-order valence-corrected chi connectivity index (χ0v) is 24.6. The average molecular weight is 585 g/mol. The van der Waals surface area contributed by atoms with Gasteiger partial charge >= 0.3 is 0 Å². The van der Waals surface area contributed by atoms with Crippen LogP contribution in [0.1, 0.15) is 28.4 Å². The number of rotatable bonds is 8. The fourth-order valence-electron chi connectivity index (χ4n) is 6.50. The Bertz CT molecular complexity index is 1670. The molecule has 42 heavy (non-hydrogen) atoms. The van der Waals surface area contributed by atoms with Crippen LogP contribution in [0.2, 0.25) is 5.02 Å². The summed E-state index contributed by atoms with van der Waals surface area (Å²) in [5, 5.41) is 5.89. The molecule has 0 aliphatic carbocycles. The third-order valence-electron chi connectivity index (χ3n) is 8.58. The Morgan fingerprint density at radius 1 is 1.05 bits per heavy atom. The average Bonchev–Trinajstić information content (AvgIpc) is 3.29. The van der Waals surface area contributed by atoms with Crippen molar-refractivity contribution in [3.63, 3.8) is 0 Å². The van der Waals surface area contributed by atoms with Gasteiger partial charge < -0.3 is 24.6 Å². The number of carbonyl (C=O) groups is 2. The van der Waals surface area contributed by atoms with Crippen LogP contribution in [0.25, 0.3) is 10.8 Å². The minimum absolute atomic E-state index is 0.0636. The number of fused-ring (bicyclic) bond motifs is 3. The summed E-state index contributed by atoms with van der Waals surface area (Å²) < 4.78 is 11.0. The number of nitrogens with zero attached hydrogens (tertiary/aromatic N) is 3. The molecule has 216 valence electrons. The number of hydrogen-bond acceptors (Lipinski definition) is 6. The molecule has 1 aromatic heterocycles. The van der Waals surface area contributed by atoms with Crippen LogP contribution in [0, 0.1) is 5.92 Å². The van der Waals surface area contributed by atoms with Crippen LogP contribution in [-0.4, -0.2) is 62.1 Å². The van der Waals surface area contributed by atoms with E-state index in [9.17, 15) is 9.59 Å². The number of pyridine rings is 1. The van der Waals surface area contributed by atoms with Crippen molar-refractivity contribution < 1.29 is 19.1 Å². The molecule has 1 spiro atoms. The van der Waals surface area contributed by atoms with Crippen LogP contribution in [-0.2, 0) is 16.8 Å². The summed E-state index contributed by atoms with van der Waals surface area (Å²) in [4.78, 5) is 37.0. The first-order chi connectivity index (χ1) is 20.4. The van der Waals surface area contributed by atoms with Crippen LogP contribution in [0.5, 0.6) is 11.5 Å². The van der Waals surface area contributed by atoms with Gasteiger partial charge in [-0.05, 0) is 42.4 Å². The Hall–Kier alpha value is -4.14. The number of ether oxygens (including phenoxy) is 2. The molecule has 3 aromatic carbocycles. The van der Waals surface area contributed by atoms with E-state index in [0.29, 0.717) is 40.7 Å². The lowest BCUT2D eigenvalue weighted by Crippen LogP contribution is -2.57. The molecule has 0 unspecified atom stereocenters. The van der Waals surface area contributed by atoms with Gasteiger partial charge in [0.05, 0.1) is 31.5 Å². The molecule has 2 atom stereocenters. The molecule has 0 radical (unpaired) electrons. The van der Waals surface area contributed by atoms with Gasteiger partial charge in [-0.15, -0.1) is 0 Å². The van der Waals surface area contributed by atoms with E-state index in [-0.39, 0.29) is 30.8 Å². The van der Waals surface area contributed by atoms with Crippen molar-refractivity contribution in [2.24, 2.45) is 5.92 Å². The number of amides is 2. The van der Waals surface area contributed by atoms with Gasteiger partial charge in [-0.3, -0.25) is 14.6 Å². The molecule has 8 nitrogen and oxygen atoms in total. The number of hydrogen-bond donors (Lipinski definition) is 1. The lowest BCUT2D eigenvalue weighted by Gasteiger charge is -2.43. The predicted octanol–water partition coefficient (Wildman–Crippen LogP) is 5.07. The molecule has 3 heterocycles. The van der Waals surface area contributed by atoms with Crippen molar-refractivity contribution in [1.82, 2.24) is 15.2 Å². The summed E-state index contributed by atoms with van der Waals surface area (Å²) in [7, 11) is 3.19. The summed E-state index contributed by atoms with van der Waals surface area (Å²) in [5.74, 6) is 0.919. The normalized spacial score (nSPS) is 20.0. The van der Waals surface area contributed by atoms with E-state index in [1.807, 2.05) is 60.5 Å². The van der Waals surface area contributed by atoms with Gasteiger partial charge in [-0.2, -0.15) is 0 Å². The summed E-state index contributed by atoms with van der Waals surface area (Å²) in [5.41, 5.74) is 1.74. The third-order valence-corrected chi connectivity index (χ3v) is 8.82. The van der Waals surface area contributed by atoms with Gasteiger partial charge in [0.2, 0.25) is 5.91 Å². The van der Waals surface area contributed by atoms with Gasteiger partial charge in [-0.25, -0.2) is 0 Å². The highest BCUT2D eigenvalue weighted by Gasteiger charge is 2.59. The molecule has 9 heteroatoms. The molecule has 2 aliphatic rings. The number of carbonyl (C=O) groups excluding carboxylic acids is 2. The molecular weight excluding hydrogens is 552 g/mol. The maximum Gasteiger partial charge on any atom is 0.254 e. The molecular formula is C33H33ClN4O4. The number of halogens is 1. The molecule has 1 saturated heterocycles. The summed E-state index contributed by atoms with van der Waals surface area (Å²) in [6.45, 7) is 4.35. The maximum absolute atomic E-state index is 14.9. The molecule has 4 aromatic rings. The smallest absolute Gasteiger partial charge is 0.254 e. The number of anilines is 1. The predicted molar refractivity (Wildman–Crippen MR) is 164 cm³/mol. The van der Waals surface area contributed by atoms with E-state index >= 15 is 0 Å². The summed E-state index contributed by atoms with van der Waals surface area (Å²) in [6, 6.07) is 18.8. The second kappa shape index (κ2) is 11.3. The first kappa shape index (κ1) is 28.0. The van der Waals surface area contributed by atoms with Crippen molar-refractivity contribution in [3.05, 3.63) is 94.8 Å². The lowest BCUT2D eigenvalue weighted by atomic mass is 9.67. The van der Waals surface area contributed by atoms with Crippen LogP contribution in [0.4, 0.5) is 5.69 Å². The van der Waals surface area contributed by atoms with E-state index in [2.05, 4.69) is 10.3 Å². The number of methoxy groups -OCH3 is 2. The monoisotopic (exact) mass is 584 g/mol. The van der Waals surface area contributed by atoms with Gasteiger partial charge in [0.15, 0.2) is 0 Å². The second-order valence-electron chi connectivity index (χ2n) is 10.8. The molecule has 2 amide bonds. The number of nitrogens with one attached hydrogen (secondary N) is 1. The number of benzene rings is 3. The van der Waals surface area contributed by atoms with E-state index in [1.54, 1.807) is 43.5 Å². The first-order valence-corrected chi connectivity index (χ1v) is 14.4. The highest BCUT2D eigenvalue weighted by atomic mass is 35.5. The Balaban J connectivity index is 1.50. The van der Waals surface area contributed by atoms with Gasteiger partial charge in [0.1, 0.15) is 11.5 Å². The van der Waals surface area contributed by atoms with Crippen molar-refractivity contribution in [2.75, 3.05) is 45.3 Å². The largest absolute Gasteiger partial charge is 0.497 e. The zero-order valence-electron chi connectivity index (χ0n) is 23.9. The van der Waals surface area contributed by atoms with Crippen LogP contribution in [0.3, 0.4) is 0 Å². The Morgan fingerprint density at radius 2 is 1.88 bits per heavy atom.